The molecule has 0 bridgehead atoms. The van der Waals surface area contributed by atoms with Crippen LogP contribution in [0.4, 0.5) is 0 Å². The van der Waals surface area contributed by atoms with Gasteiger partial charge in [-0.15, -0.1) is 11.8 Å². The molecule has 0 heterocycles. The summed E-state index contributed by atoms with van der Waals surface area (Å²) in [6.45, 7) is 3.43. The van der Waals surface area contributed by atoms with Gasteiger partial charge in [0.25, 0.3) is 0 Å². The lowest BCUT2D eigenvalue weighted by molar-refractivity contribution is 0.131. The molecule has 0 aromatic rings. The Kier molecular flexibility index (Phi) is 11.4. The summed E-state index contributed by atoms with van der Waals surface area (Å²) in [5.74, 6) is 1.03. The Morgan fingerprint density at radius 3 is 2.75 bits per heavy atom. The molecule has 0 aliphatic carbocycles. The molecule has 0 amide bonds. The van der Waals surface area contributed by atoms with Crippen LogP contribution in [0.3, 0.4) is 0 Å². The van der Waals surface area contributed by atoms with Gasteiger partial charge < -0.3 is 15.8 Å². The Bertz CT molecular complexity index is 73.5. The van der Waals surface area contributed by atoms with Gasteiger partial charge in [-0.25, -0.2) is 0 Å². The van der Waals surface area contributed by atoms with Gasteiger partial charge >= 0.3 is 0 Å². The zero-order valence-corrected chi connectivity index (χ0v) is 8.66. The number of nitrogens with two attached hydrogens (primary N) is 1. The van der Waals surface area contributed by atoms with E-state index >= 15 is 0 Å². The standard InChI is InChI=1S/C8H20N2OS/c1-12-8-10-5-3-7-11-6-2-4-9/h10H,2-9H2,1H3. The molecule has 4 heteroatoms. The van der Waals surface area contributed by atoms with E-state index < -0.39 is 0 Å². The van der Waals surface area contributed by atoms with Crippen molar-refractivity contribution in [2.75, 3.05) is 38.4 Å². The number of nitrogens with one attached hydrogen (secondary N) is 1. The molecule has 0 spiro atoms. The average Bonchev–Trinajstić information content (AvgIpc) is 2.10. The van der Waals surface area contributed by atoms with E-state index in [1.807, 2.05) is 0 Å². The third kappa shape index (κ3) is 10.2. The van der Waals surface area contributed by atoms with Gasteiger partial charge in [0, 0.05) is 19.1 Å². The van der Waals surface area contributed by atoms with Crippen LogP contribution in [0.25, 0.3) is 0 Å². The van der Waals surface area contributed by atoms with Crippen LogP contribution in [-0.2, 0) is 4.74 Å². The fourth-order valence-electron chi connectivity index (χ4n) is 0.761. The van der Waals surface area contributed by atoms with Gasteiger partial charge in [-0.3, -0.25) is 0 Å². The molecular weight excluding hydrogens is 172 g/mol. The molecule has 0 fully saturated rings. The summed E-state index contributed by atoms with van der Waals surface area (Å²) >= 11 is 1.81. The van der Waals surface area contributed by atoms with Crippen LogP contribution in [0.15, 0.2) is 0 Å². The maximum absolute atomic E-state index is 5.33. The first-order valence-electron chi connectivity index (χ1n) is 4.39. The predicted molar refractivity (Wildman–Crippen MR) is 55.5 cm³/mol. The highest BCUT2D eigenvalue weighted by atomic mass is 32.2. The summed E-state index contributed by atoms with van der Waals surface area (Å²) < 4.78 is 5.33. The van der Waals surface area contributed by atoms with Crippen molar-refractivity contribution in [3.05, 3.63) is 0 Å². The van der Waals surface area contributed by atoms with Crippen molar-refractivity contribution >= 4 is 11.8 Å². The second-order valence-corrected chi connectivity index (χ2v) is 3.41. The summed E-state index contributed by atoms with van der Waals surface area (Å²) in [6, 6.07) is 0. The smallest absolute Gasteiger partial charge is 0.0478 e. The van der Waals surface area contributed by atoms with Crippen molar-refractivity contribution in [3.8, 4) is 0 Å². The van der Waals surface area contributed by atoms with Crippen LogP contribution in [0.1, 0.15) is 12.8 Å². The van der Waals surface area contributed by atoms with E-state index in [2.05, 4.69) is 11.6 Å². The number of hydrogen-bond acceptors (Lipinski definition) is 4. The maximum Gasteiger partial charge on any atom is 0.0478 e. The highest BCUT2D eigenvalue weighted by Crippen LogP contribution is 1.87. The van der Waals surface area contributed by atoms with E-state index in [1.54, 1.807) is 11.8 Å². The molecule has 3 nitrogen and oxygen atoms in total. The molecule has 0 unspecified atom stereocenters. The zero-order valence-electron chi connectivity index (χ0n) is 7.84. The van der Waals surface area contributed by atoms with E-state index in [-0.39, 0.29) is 0 Å². The topological polar surface area (TPSA) is 47.3 Å². The minimum absolute atomic E-state index is 0.727. The molecule has 0 atom stereocenters. The van der Waals surface area contributed by atoms with Crippen molar-refractivity contribution in [2.45, 2.75) is 12.8 Å². The van der Waals surface area contributed by atoms with Crippen molar-refractivity contribution in [1.29, 1.82) is 0 Å². The predicted octanol–water partition coefficient (Wildman–Crippen LogP) is 0.652. The minimum Gasteiger partial charge on any atom is -0.381 e. The van der Waals surface area contributed by atoms with Gasteiger partial charge in [0.2, 0.25) is 0 Å². The molecule has 0 radical (unpaired) electrons. The molecule has 3 N–H and O–H groups in total. The first kappa shape index (κ1) is 12.2. The van der Waals surface area contributed by atoms with Crippen molar-refractivity contribution in [1.82, 2.24) is 5.32 Å². The van der Waals surface area contributed by atoms with Crippen LogP contribution < -0.4 is 11.1 Å². The molecule has 0 saturated carbocycles. The Labute approximate surface area is 79.4 Å². The second-order valence-electron chi connectivity index (χ2n) is 2.54. The van der Waals surface area contributed by atoms with Crippen LogP contribution in [-0.4, -0.2) is 38.4 Å². The first-order chi connectivity index (χ1) is 5.91. The fraction of sp³-hybridized carbons (Fsp3) is 1.00. The summed E-state index contributed by atoms with van der Waals surface area (Å²) in [4.78, 5) is 0. The summed E-state index contributed by atoms with van der Waals surface area (Å²) in [6.07, 6.45) is 4.15. The molecule has 0 aromatic heterocycles. The molecule has 0 aliphatic rings. The molecular formula is C8H20N2OS. The van der Waals surface area contributed by atoms with Gasteiger partial charge in [-0.05, 0) is 32.2 Å². The van der Waals surface area contributed by atoms with Crippen LogP contribution in [0.5, 0.6) is 0 Å². The summed E-state index contributed by atoms with van der Waals surface area (Å²) in [7, 11) is 0. The summed E-state index contributed by atoms with van der Waals surface area (Å²) in [5, 5.41) is 3.28. The number of ether oxygens (including phenoxy) is 1. The third-order valence-electron chi connectivity index (χ3n) is 1.38. The number of rotatable bonds is 9. The van der Waals surface area contributed by atoms with E-state index in [9.17, 15) is 0 Å². The Morgan fingerprint density at radius 2 is 2.08 bits per heavy atom. The van der Waals surface area contributed by atoms with Gasteiger partial charge in [-0.1, -0.05) is 0 Å². The maximum atomic E-state index is 5.33. The minimum atomic E-state index is 0.727. The lowest BCUT2D eigenvalue weighted by Gasteiger charge is -2.03. The first-order valence-corrected chi connectivity index (χ1v) is 5.78. The van der Waals surface area contributed by atoms with Gasteiger partial charge in [0.05, 0.1) is 0 Å². The molecule has 12 heavy (non-hydrogen) atoms. The third-order valence-corrected chi connectivity index (χ3v) is 1.87. The fourth-order valence-corrected chi connectivity index (χ4v) is 1.11. The van der Waals surface area contributed by atoms with E-state index in [0.717, 1.165) is 45.0 Å². The lowest BCUT2D eigenvalue weighted by atomic mass is 10.4. The SMILES string of the molecule is CSCNCCCOCCCN. The normalized spacial score (nSPS) is 10.5. The van der Waals surface area contributed by atoms with E-state index in [0.29, 0.717) is 0 Å². The van der Waals surface area contributed by atoms with Gasteiger partial charge in [-0.2, -0.15) is 0 Å². The van der Waals surface area contributed by atoms with Crippen LogP contribution in [0, 0.1) is 0 Å². The Morgan fingerprint density at radius 1 is 1.33 bits per heavy atom. The molecule has 0 saturated heterocycles. The molecule has 0 aromatic carbocycles. The van der Waals surface area contributed by atoms with Gasteiger partial charge in [0.15, 0.2) is 0 Å². The average molecular weight is 192 g/mol. The Hall–Kier alpha value is 0.230. The largest absolute Gasteiger partial charge is 0.381 e. The van der Waals surface area contributed by atoms with Crippen molar-refractivity contribution in [3.63, 3.8) is 0 Å². The van der Waals surface area contributed by atoms with Gasteiger partial charge in [0.1, 0.15) is 0 Å². The highest BCUT2D eigenvalue weighted by molar-refractivity contribution is 7.98. The lowest BCUT2D eigenvalue weighted by Crippen LogP contribution is -2.16. The highest BCUT2D eigenvalue weighted by Gasteiger charge is 1.88. The number of thioether (sulfide) groups is 1. The Balaban J connectivity index is 2.73. The van der Waals surface area contributed by atoms with E-state index in [4.69, 9.17) is 10.5 Å². The molecule has 0 rings (SSSR count). The number of hydrogen-bond donors (Lipinski definition) is 2. The van der Waals surface area contributed by atoms with Crippen molar-refractivity contribution in [2.24, 2.45) is 5.73 Å². The second kappa shape index (κ2) is 11.2. The van der Waals surface area contributed by atoms with Crippen molar-refractivity contribution < 1.29 is 4.74 Å². The monoisotopic (exact) mass is 192 g/mol. The van der Waals surface area contributed by atoms with Crippen LogP contribution in [0.2, 0.25) is 0 Å². The van der Waals surface area contributed by atoms with Crippen LogP contribution >= 0.6 is 11.8 Å². The zero-order chi connectivity index (χ0) is 9.07. The van der Waals surface area contributed by atoms with E-state index in [1.165, 1.54) is 0 Å². The molecule has 0 aliphatic heterocycles. The molecule has 74 valence electrons. The summed E-state index contributed by atoms with van der Waals surface area (Å²) in [5.41, 5.74) is 5.31. The quantitative estimate of drug-likeness (QED) is 0.416.